The molecule has 0 amide bonds. The molecule has 0 radical (unpaired) electrons. The molecule has 2 saturated carbocycles. The van der Waals surface area contributed by atoms with E-state index in [1.54, 1.807) is 0 Å². The highest BCUT2D eigenvalue weighted by Gasteiger charge is 2.56. The van der Waals surface area contributed by atoms with E-state index in [0.717, 1.165) is 25.4 Å². The van der Waals surface area contributed by atoms with Gasteiger partial charge in [-0.1, -0.05) is 19.3 Å². The summed E-state index contributed by atoms with van der Waals surface area (Å²) in [6, 6.07) is 0.931. The van der Waals surface area contributed by atoms with Crippen molar-refractivity contribution in [3.05, 3.63) is 0 Å². The second-order valence-electron chi connectivity index (χ2n) is 8.10. The van der Waals surface area contributed by atoms with E-state index in [9.17, 15) is 0 Å². The Morgan fingerprint density at radius 3 is 2.62 bits per heavy atom. The number of nitrogens with one attached hydrogen (secondary N) is 2. The molecule has 2 aliphatic carbocycles. The first-order valence-corrected chi connectivity index (χ1v) is 10.0. The van der Waals surface area contributed by atoms with Gasteiger partial charge in [-0.05, 0) is 45.4 Å². The zero-order valence-corrected chi connectivity index (χ0v) is 15.2. The minimum absolute atomic E-state index is 0.330. The Hall–Kier alpha value is -0.810. The lowest BCUT2D eigenvalue weighted by molar-refractivity contribution is -0.145. The Labute approximate surface area is 146 Å². The number of hydrogen-bond acceptors (Lipinski definition) is 3. The Balaban J connectivity index is 1.38. The van der Waals surface area contributed by atoms with Gasteiger partial charge in [-0.25, -0.2) is 0 Å². The molecule has 5 heteroatoms. The predicted molar refractivity (Wildman–Crippen MR) is 95.3 cm³/mol. The lowest BCUT2D eigenvalue weighted by Gasteiger charge is -2.58. The molecule has 5 nitrogen and oxygen atoms in total. The molecule has 136 valence electrons. The average molecular weight is 335 g/mol. The first-order valence-electron chi connectivity index (χ1n) is 10.0. The molecule has 0 aromatic carbocycles. The highest BCUT2D eigenvalue weighted by Crippen LogP contribution is 2.53. The molecule has 1 spiro atoms. The van der Waals surface area contributed by atoms with E-state index in [0.29, 0.717) is 35.8 Å². The standard InChI is InChI=1S/C19H33N3O2/c1-3-23-17-12-16(19(17)9-5-4-6-10-19)22-18(20-2)21-14-11-13-7-8-15(14)24-13/h13-17H,3-12H2,1-2H3,(H2,20,21,22). The Morgan fingerprint density at radius 2 is 2.00 bits per heavy atom. The molecular weight excluding hydrogens is 302 g/mol. The summed E-state index contributed by atoms with van der Waals surface area (Å²) in [5.74, 6) is 0.959. The van der Waals surface area contributed by atoms with Gasteiger partial charge in [0.25, 0.3) is 0 Å². The van der Waals surface area contributed by atoms with Gasteiger partial charge < -0.3 is 20.1 Å². The monoisotopic (exact) mass is 335 g/mol. The second kappa shape index (κ2) is 6.83. The Morgan fingerprint density at radius 1 is 1.17 bits per heavy atom. The average Bonchev–Trinajstić information content (AvgIpc) is 3.23. The maximum absolute atomic E-state index is 6.07. The molecule has 2 bridgehead atoms. The molecule has 4 fully saturated rings. The van der Waals surface area contributed by atoms with Crippen LogP contribution in [-0.2, 0) is 9.47 Å². The van der Waals surface area contributed by atoms with Gasteiger partial charge in [0, 0.05) is 25.1 Å². The van der Waals surface area contributed by atoms with Gasteiger partial charge in [0.05, 0.1) is 24.4 Å². The molecule has 5 atom stereocenters. The Kier molecular flexibility index (Phi) is 4.74. The molecule has 24 heavy (non-hydrogen) atoms. The van der Waals surface area contributed by atoms with E-state index < -0.39 is 0 Å². The van der Waals surface area contributed by atoms with Crippen molar-refractivity contribution in [3.8, 4) is 0 Å². The number of fused-ring (bicyclic) bond motifs is 2. The molecule has 2 N–H and O–H groups in total. The van der Waals surface area contributed by atoms with E-state index in [4.69, 9.17) is 9.47 Å². The van der Waals surface area contributed by atoms with Crippen LogP contribution in [0.25, 0.3) is 0 Å². The van der Waals surface area contributed by atoms with Crippen LogP contribution in [0.2, 0.25) is 0 Å². The normalized spacial score (nSPS) is 40.6. The number of nitrogens with zero attached hydrogens (tertiary/aromatic N) is 1. The number of aliphatic imine (C=N–C) groups is 1. The van der Waals surface area contributed by atoms with Crippen molar-refractivity contribution < 1.29 is 9.47 Å². The molecule has 2 heterocycles. The quantitative estimate of drug-likeness (QED) is 0.612. The Bertz CT molecular complexity index is 475. The minimum Gasteiger partial charge on any atom is -0.378 e. The number of hydrogen-bond donors (Lipinski definition) is 2. The summed E-state index contributed by atoms with van der Waals surface area (Å²) in [6.07, 6.45) is 12.6. The number of ether oxygens (including phenoxy) is 2. The smallest absolute Gasteiger partial charge is 0.191 e. The van der Waals surface area contributed by atoms with E-state index in [2.05, 4.69) is 22.5 Å². The van der Waals surface area contributed by atoms with Crippen molar-refractivity contribution >= 4 is 5.96 Å². The third-order valence-corrected chi connectivity index (χ3v) is 6.90. The van der Waals surface area contributed by atoms with Crippen molar-refractivity contribution in [3.63, 3.8) is 0 Å². The summed E-state index contributed by atoms with van der Waals surface area (Å²) in [7, 11) is 1.88. The topological polar surface area (TPSA) is 54.9 Å². The summed E-state index contributed by atoms with van der Waals surface area (Å²) < 4.78 is 12.0. The minimum atomic E-state index is 0.330. The maximum Gasteiger partial charge on any atom is 0.191 e. The van der Waals surface area contributed by atoms with Crippen molar-refractivity contribution in [2.45, 2.75) is 95.1 Å². The predicted octanol–water partition coefficient (Wildman–Crippen LogP) is 2.60. The van der Waals surface area contributed by atoms with Gasteiger partial charge in [-0.15, -0.1) is 0 Å². The lowest BCUT2D eigenvalue weighted by Crippen LogP contribution is -2.67. The summed E-state index contributed by atoms with van der Waals surface area (Å²) in [5.41, 5.74) is 0.330. The lowest BCUT2D eigenvalue weighted by atomic mass is 9.55. The van der Waals surface area contributed by atoms with Crippen molar-refractivity contribution in [1.82, 2.24) is 10.6 Å². The fraction of sp³-hybridized carbons (Fsp3) is 0.947. The van der Waals surface area contributed by atoms with Crippen LogP contribution in [0.5, 0.6) is 0 Å². The summed E-state index contributed by atoms with van der Waals surface area (Å²) in [4.78, 5) is 4.50. The summed E-state index contributed by atoms with van der Waals surface area (Å²) >= 11 is 0. The van der Waals surface area contributed by atoms with Crippen molar-refractivity contribution in [2.75, 3.05) is 13.7 Å². The molecule has 2 saturated heterocycles. The first kappa shape index (κ1) is 16.6. The van der Waals surface area contributed by atoms with Crippen LogP contribution in [0.1, 0.15) is 64.7 Å². The fourth-order valence-corrected chi connectivity index (χ4v) is 5.57. The SMILES string of the molecule is CCOC1CC(NC(=NC)NC2CC3CCC2O3)C12CCCCC2. The van der Waals surface area contributed by atoms with Crippen LogP contribution in [0.4, 0.5) is 0 Å². The number of rotatable bonds is 4. The largest absolute Gasteiger partial charge is 0.378 e. The third-order valence-electron chi connectivity index (χ3n) is 6.90. The van der Waals surface area contributed by atoms with Gasteiger partial charge in [-0.3, -0.25) is 4.99 Å². The highest BCUT2D eigenvalue weighted by molar-refractivity contribution is 5.80. The van der Waals surface area contributed by atoms with Crippen molar-refractivity contribution in [2.24, 2.45) is 10.4 Å². The van der Waals surface area contributed by atoms with E-state index in [-0.39, 0.29) is 0 Å². The highest BCUT2D eigenvalue weighted by atomic mass is 16.5. The van der Waals surface area contributed by atoms with E-state index in [1.165, 1.54) is 44.9 Å². The van der Waals surface area contributed by atoms with Crippen LogP contribution in [0.15, 0.2) is 4.99 Å². The molecule has 0 aromatic heterocycles. The van der Waals surface area contributed by atoms with Crippen LogP contribution < -0.4 is 10.6 Å². The van der Waals surface area contributed by atoms with Crippen LogP contribution >= 0.6 is 0 Å². The van der Waals surface area contributed by atoms with E-state index >= 15 is 0 Å². The zero-order valence-electron chi connectivity index (χ0n) is 15.2. The van der Waals surface area contributed by atoms with Crippen LogP contribution in [-0.4, -0.2) is 50.0 Å². The zero-order chi connectivity index (χ0) is 16.6. The van der Waals surface area contributed by atoms with Gasteiger partial charge in [0.2, 0.25) is 0 Å². The molecule has 4 aliphatic rings. The van der Waals surface area contributed by atoms with Crippen LogP contribution in [0, 0.1) is 5.41 Å². The second-order valence-corrected chi connectivity index (χ2v) is 8.10. The maximum atomic E-state index is 6.07. The molecule has 4 rings (SSSR count). The van der Waals surface area contributed by atoms with Crippen LogP contribution in [0.3, 0.4) is 0 Å². The first-order chi connectivity index (χ1) is 11.7. The third kappa shape index (κ3) is 2.84. The van der Waals surface area contributed by atoms with E-state index in [1.807, 2.05) is 7.05 Å². The molecule has 0 aromatic rings. The summed E-state index contributed by atoms with van der Waals surface area (Å²) in [5, 5.41) is 7.38. The van der Waals surface area contributed by atoms with Crippen molar-refractivity contribution in [1.29, 1.82) is 0 Å². The van der Waals surface area contributed by atoms with Gasteiger partial charge in [0.15, 0.2) is 5.96 Å². The fourth-order valence-electron chi connectivity index (χ4n) is 5.57. The molecular formula is C19H33N3O2. The number of guanidine groups is 1. The van der Waals surface area contributed by atoms with Gasteiger partial charge in [0.1, 0.15) is 0 Å². The van der Waals surface area contributed by atoms with Gasteiger partial charge >= 0.3 is 0 Å². The van der Waals surface area contributed by atoms with Gasteiger partial charge in [-0.2, -0.15) is 0 Å². The summed E-state index contributed by atoms with van der Waals surface area (Å²) in [6.45, 7) is 2.95. The molecule has 2 aliphatic heterocycles. The molecule has 5 unspecified atom stereocenters.